The molecule has 0 atom stereocenters. The Morgan fingerprint density at radius 2 is 2.00 bits per heavy atom. The van der Waals surface area contributed by atoms with Crippen molar-refractivity contribution >= 4 is 23.1 Å². The summed E-state index contributed by atoms with van der Waals surface area (Å²) >= 11 is 5.84. The molecule has 19 heavy (non-hydrogen) atoms. The first-order valence-electron chi connectivity index (χ1n) is 6.30. The number of ketones is 1. The summed E-state index contributed by atoms with van der Waals surface area (Å²) in [5, 5.41) is 0.536. The quantitative estimate of drug-likeness (QED) is 0.673. The van der Waals surface area contributed by atoms with Crippen molar-refractivity contribution in [2.45, 2.75) is 19.8 Å². The molecule has 2 aromatic rings. The van der Waals surface area contributed by atoms with Gasteiger partial charge in [0.2, 0.25) is 0 Å². The molecule has 2 rings (SSSR count). The van der Waals surface area contributed by atoms with Crippen LogP contribution in [0.25, 0.3) is 0 Å². The van der Waals surface area contributed by atoms with Gasteiger partial charge in [-0.05, 0) is 36.2 Å². The normalized spacial score (nSPS) is 10.4. The van der Waals surface area contributed by atoms with Gasteiger partial charge in [-0.2, -0.15) is 0 Å². The molecule has 0 heterocycles. The molecule has 0 fully saturated rings. The fourth-order valence-corrected chi connectivity index (χ4v) is 2.23. The summed E-state index contributed by atoms with van der Waals surface area (Å²) in [6, 6.07) is 12.6. The first-order valence-corrected chi connectivity index (χ1v) is 6.68. The van der Waals surface area contributed by atoms with Gasteiger partial charge in [0.1, 0.15) is 0 Å². The highest BCUT2D eigenvalue weighted by atomic mass is 35.5. The molecule has 0 spiro atoms. The van der Waals surface area contributed by atoms with E-state index < -0.39 is 0 Å². The third-order valence-electron chi connectivity index (χ3n) is 2.99. The molecule has 0 unspecified atom stereocenters. The van der Waals surface area contributed by atoms with Crippen LogP contribution in [0.5, 0.6) is 0 Å². The third kappa shape index (κ3) is 3.15. The van der Waals surface area contributed by atoms with E-state index in [1.807, 2.05) is 24.3 Å². The van der Waals surface area contributed by atoms with Crippen molar-refractivity contribution in [1.82, 2.24) is 0 Å². The Hall–Kier alpha value is -1.80. The van der Waals surface area contributed by atoms with Crippen LogP contribution in [0.3, 0.4) is 0 Å². The molecule has 3 heteroatoms. The largest absolute Gasteiger partial charge is 0.398 e. The lowest BCUT2D eigenvalue weighted by Gasteiger charge is -2.07. The molecule has 98 valence electrons. The average molecular weight is 274 g/mol. The van der Waals surface area contributed by atoms with Crippen LogP contribution >= 0.6 is 11.6 Å². The maximum absolute atomic E-state index is 12.4. The average Bonchev–Trinajstić information content (AvgIpc) is 2.39. The molecule has 0 saturated heterocycles. The maximum Gasteiger partial charge on any atom is 0.195 e. The van der Waals surface area contributed by atoms with Crippen molar-refractivity contribution in [1.29, 1.82) is 0 Å². The molecule has 0 amide bonds. The summed E-state index contributed by atoms with van der Waals surface area (Å²) in [5.41, 5.74) is 8.60. The van der Waals surface area contributed by atoms with Gasteiger partial charge in [-0.3, -0.25) is 4.79 Å². The van der Waals surface area contributed by atoms with Gasteiger partial charge in [0.15, 0.2) is 5.78 Å². The predicted octanol–water partition coefficient (Wildman–Crippen LogP) is 4.11. The van der Waals surface area contributed by atoms with Crippen LogP contribution in [0.1, 0.15) is 34.8 Å². The highest BCUT2D eigenvalue weighted by molar-refractivity contribution is 6.31. The fourth-order valence-electron chi connectivity index (χ4n) is 2.05. The minimum absolute atomic E-state index is 0.0629. The fraction of sp³-hybridized carbons (Fsp3) is 0.188. The van der Waals surface area contributed by atoms with Gasteiger partial charge in [0.05, 0.1) is 0 Å². The van der Waals surface area contributed by atoms with E-state index in [1.165, 1.54) is 5.56 Å². The Labute approximate surface area is 118 Å². The smallest absolute Gasteiger partial charge is 0.195 e. The van der Waals surface area contributed by atoms with Gasteiger partial charge >= 0.3 is 0 Å². The summed E-state index contributed by atoms with van der Waals surface area (Å²) in [4.78, 5) is 12.4. The van der Waals surface area contributed by atoms with Crippen LogP contribution in [0.15, 0.2) is 42.5 Å². The van der Waals surface area contributed by atoms with E-state index in [-0.39, 0.29) is 5.78 Å². The third-order valence-corrected chi connectivity index (χ3v) is 3.22. The minimum Gasteiger partial charge on any atom is -0.398 e. The molecule has 2 aromatic carbocycles. The monoisotopic (exact) mass is 273 g/mol. The van der Waals surface area contributed by atoms with Gasteiger partial charge in [0, 0.05) is 21.8 Å². The van der Waals surface area contributed by atoms with E-state index in [2.05, 4.69) is 6.92 Å². The number of nitrogens with two attached hydrogens (primary N) is 1. The van der Waals surface area contributed by atoms with Crippen LogP contribution in [-0.4, -0.2) is 5.78 Å². The zero-order chi connectivity index (χ0) is 13.8. The number of aryl methyl sites for hydroxylation is 1. The van der Waals surface area contributed by atoms with Crippen LogP contribution in [0.2, 0.25) is 5.02 Å². The molecule has 0 aliphatic rings. The van der Waals surface area contributed by atoms with Crippen molar-refractivity contribution in [3.8, 4) is 0 Å². The lowest BCUT2D eigenvalue weighted by Crippen LogP contribution is -2.05. The lowest BCUT2D eigenvalue weighted by atomic mass is 9.99. The van der Waals surface area contributed by atoms with E-state index in [0.29, 0.717) is 21.8 Å². The Kier molecular flexibility index (Phi) is 4.23. The number of anilines is 1. The van der Waals surface area contributed by atoms with E-state index in [0.717, 1.165) is 12.8 Å². The van der Waals surface area contributed by atoms with Crippen molar-refractivity contribution in [2.75, 3.05) is 5.73 Å². The SMILES string of the molecule is CCCc1cccc(C(=O)c2ccc(Cl)cc2N)c1. The molecule has 2 nitrogen and oxygen atoms in total. The second-order valence-electron chi connectivity index (χ2n) is 4.51. The molecule has 0 aromatic heterocycles. The molecule has 0 radical (unpaired) electrons. The van der Waals surface area contributed by atoms with Gasteiger partial charge in [0.25, 0.3) is 0 Å². The van der Waals surface area contributed by atoms with Gasteiger partial charge in [-0.1, -0.05) is 43.1 Å². The Morgan fingerprint density at radius 3 is 2.68 bits per heavy atom. The van der Waals surface area contributed by atoms with E-state index in [4.69, 9.17) is 17.3 Å². The number of halogens is 1. The molecule has 0 bridgehead atoms. The second kappa shape index (κ2) is 5.89. The Bertz CT molecular complexity index is 607. The molecule has 2 N–H and O–H groups in total. The van der Waals surface area contributed by atoms with Crippen molar-refractivity contribution in [3.05, 3.63) is 64.2 Å². The molecular weight excluding hydrogens is 258 g/mol. The van der Waals surface area contributed by atoms with Crippen LogP contribution < -0.4 is 5.73 Å². The van der Waals surface area contributed by atoms with Gasteiger partial charge < -0.3 is 5.73 Å². The van der Waals surface area contributed by atoms with Crippen molar-refractivity contribution in [3.63, 3.8) is 0 Å². The maximum atomic E-state index is 12.4. The first kappa shape index (κ1) is 13.6. The summed E-state index contributed by atoms with van der Waals surface area (Å²) in [6.45, 7) is 2.12. The molecular formula is C16H16ClNO. The van der Waals surface area contributed by atoms with Crippen LogP contribution in [0.4, 0.5) is 5.69 Å². The predicted molar refractivity (Wildman–Crippen MR) is 79.7 cm³/mol. The van der Waals surface area contributed by atoms with E-state index in [9.17, 15) is 4.79 Å². The Balaban J connectivity index is 2.35. The van der Waals surface area contributed by atoms with Crippen LogP contribution in [-0.2, 0) is 6.42 Å². The number of hydrogen-bond acceptors (Lipinski definition) is 2. The topological polar surface area (TPSA) is 43.1 Å². The standard InChI is InChI=1S/C16H16ClNO/c1-2-4-11-5-3-6-12(9-11)16(19)14-8-7-13(17)10-15(14)18/h3,5-10H,2,4,18H2,1H3. The van der Waals surface area contributed by atoms with E-state index in [1.54, 1.807) is 18.2 Å². The molecule has 0 saturated carbocycles. The zero-order valence-electron chi connectivity index (χ0n) is 10.8. The van der Waals surface area contributed by atoms with Crippen molar-refractivity contribution in [2.24, 2.45) is 0 Å². The van der Waals surface area contributed by atoms with Gasteiger partial charge in [-0.15, -0.1) is 0 Å². The van der Waals surface area contributed by atoms with Crippen LogP contribution in [0, 0.1) is 0 Å². The Morgan fingerprint density at radius 1 is 1.21 bits per heavy atom. The van der Waals surface area contributed by atoms with Gasteiger partial charge in [-0.25, -0.2) is 0 Å². The summed E-state index contributed by atoms with van der Waals surface area (Å²) < 4.78 is 0. The molecule has 0 aliphatic carbocycles. The number of carbonyl (C=O) groups excluding carboxylic acids is 1. The molecule has 0 aliphatic heterocycles. The van der Waals surface area contributed by atoms with E-state index >= 15 is 0 Å². The summed E-state index contributed by atoms with van der Waals surface area (Å²) in [5.74, 6) is -0.0629. The highest BCUT2D eigenvalue weighted by Crippen LogP contribution is 2.21. The summed E-state index contributed by atoms with van der Waals surface area (Å²) in [6.07, 6.45) is 2.03. The number of hydrogen-bond donors (Lipinski definition) is 1. The zero-order valence-corrected chi connectivity index (χ0v) is 11.6. The minimum atomic E-state index is -0.0629. The summed E-state index contributed by atoms with van der Waals surface area (Å²) in [7, 11) is 0. The number of nitrogen functional groups attached to an aromatic ring is 1. The lowest BCUT2D eigenvalue weighted by molar-refractivity contribution is 0.103. The highest BCUT2D eigenvalue weighted by Gasteiger charge is 2.12. The first-order chi connectivity index (χ1) is 9.11. The number of rotatable bonds is 4. The number of carbonyl (C=O) groups is 1. The number of benzene rings is 2. The van der Waals surface area contributed by atoms with Crippen molar-refractivity contribution < 1.29 is 4.79 Å². The second-order valence-corrected chi connectivity index (χ2v) is 4.95.